The number of nitro groups is 1. The third kappa shape index (κ3) is 3.12. The van der Waals surface area contributed by atoms with Crippen molar-refractivity contribution in [2.45, 2.75) is 32.4 Å². The molecule has 144 valence electrons. The first-order valence-electron chi connectivity index (χ1n) is 8.37. The molecule has 1 saturated heterocycles. The predicted molar refractivity (Wildman–Crippen MR) is 93.6 cm³/mol. The molecule has 0 aliphatic carbocycles. The Labute approximate surface area is 154 Å². The fourth-order valence-electron chi connectivity index (χ4n) is 3.02. The van der Waals surface area contributed by atoms with E-state index in [1.54, 1.807) is 25.7 Å². The van der Waals surface area contributed by atoms with Crippen LogP contribution in [0.3, 0.4) is 0 Å². The summed E-state index contributed by atoms with van der Waals surface area (Å²) >= 11 is 0. The number of hydrogen-bond donors (Lipinski definition) is 1. The molecule has 1 aliphatic rings. The maximum Gasteiger partial charge on any atom is 0.366 e. The van der Waals surface area contributed by atoms with Gasteiger partial charge in [0.2, 0.25) is 11.5 Å². The Kier molecular flexibility index (Phi) is 4.60. The molecule has 1 aromatic heterocycles. The number of aliphatic hydroxyl groups is 1. The van der Waals surface area contributed by atoms with Crippen molar-refractivity contribution >= 4 is 17.5 Å². The minimum absolute atomic E-state index is 0.0313. The van der Waals surface area contributed by atoms with Crippen LogP contribution in [0.25, 0.3) is 5.69 Å². The van der Waals surface area contributed by atoms with Gasteiger partial charge >= 0.3 is 11.7 Å². The molecule has 0 radical (unpaired) electrons. The topological polar surface area (TPSA) is 111 Å². The molecule has 2 heterocycles. The molecule has 2 aromatic rings. The second-order valence-corrected chi connectivity index (χ2v) is 6.55. The van der Waals surface area contributed by atoms with Crippen molar-refractivity contribution in [1.82, 2.24) is 9.78 Å². The number of carbonyl (C=O) groups excluding carboxylic acids is 1. The highest BCUT2D eigenvalue weighted by Crippen LogP contribution is 2.42. The number of benzene rings is 1. The van der Waals surface area contributed by atoms with Crippen LogP contribution >= 0.6 is 0 Å². The van der Waals surface area contributed by atoms with Gasteiger partial charge in [-0.05, 0) is 45.0 Å². The van der Waals surface area contributed by atoms with Crippen molar-refractivity contribution in [1.29, 1.82) is 0 Å². The summed E-state index contributed by atoms with van der Waals surface area (Å²) in [4.78, 5) is 24.9. The molecule has 0 spiro atoms. The van der Waals surface area contributed by atoms with Gasteiger partial charge in [-0.15, -0.1) is 0 Å². The average Bonchev–Trinajstić information content (AvgIpc) is 3.00. The Morgan fingerprint density at radius 3 is 2.59 bits per heavy atom. The van der Waals surface area contributed by atoms with E-state index in [4.69, 9.17) is 4.74 Å². The van der Waals surface area contributed by atoms with E-state index in [1.165, 1.54) is 28.9 Å². The van der Waals surface area contributed by atoms with Crippen LogP contribution in [0.1, 0.15) is 31.3 Å². The molecule has 1 aliphatic heterocycles. The average molecular weight is 378 g/mol. The van der Waals surface area contributed by atoms with Crippen LogP contribution < -0.4 is 4.90 Å². The van der Waals surface area contributed by atoms with Gasteiger partial charge in [0.15, 0.2) is 0 Å². The highest BCUT2D eigenvalue weighted by Gasteiger charge is 2.50. The number of aromatic nitrogens is 2. The first-order chi connectivity index (χ1) is 12.7. The summed E-state index contributed by atoms with van der Waals surface area (Å²) in [6.07, 6.45) is 0. The fraction of sp³-hybridized carbons (Fsp3) is 0.412. The molecule has 0 amide bonds. The molecule has 9 nitrogen and oxygen atoms in total. The van der Waals surface area contributed by atoms with Crippen LogP contribution in [0.5, 0.6) is 0 Å². The Balaban J connectivity index is 2.22. The van der Waals surface area contributed by atoms with Crippen LogP contribution in [-0.2, 0) is 4.74 Å². The van der Waals surface area contributed by atoms with Crippen molar-refractivity contribution in [3.05, 3.63) is 45.9 Å². The molecule has 27 heavy (non-hydrogen) atoms. The number of anilines is 1. The number of esters is 1. The third-order valence-electron chi connectivity index (χ3n) is 4.69. The monoisotopic (exact) mass is 378 g/mol. The maximum atomic E-state index is 13.3. The molecule has 0 unspecified atom stereocenters. The predicted octanol–water partition coefficient (Wildman–Crippen LogP) is 2.06. The van der Waals surface area contributed by atoms with E-state index in [1.807, 2.05) is 0 Å². The van der Waals surface area contributed by atoms with Gasteiger partial charge in [0.05, 0.1) is 35.4 Å². The number of rotatable bonds is 5. The standard InChI is InChI=1S/C17H19FN4O5/c1-4-27-16(23)13-14(22(25)26)15(20-9-17(3,24)10(20)2)21(19-13)12-7-5-11(18)6-8-12/h5-8,10,24H,4,9H2,1-3H3/t10-,17-/m1/s1. The lowest BCUT2D eigenvalue weighted by Gasteiger charge is -2.51. The fourth-order valence-corrected chi connectivity index (χ4v) is 3.02. The van der Waals surface area contributed by atoms with Gasteiger partial charge in [-0.3, -0.25) is 10.1 Å². The van der Waals surface area contributed by atoms with Crippen LogP contribution in [0, 0.1) is 15.9 Å². The van der Waals surface area contributed by atoms with Crippen LogP contribution in [0.15, 0.2) is 24.3 Å². The van der Waals surface area contributed by atoms with Gasteiger partial charge in [0.25, 0.3) is 0 Å². The van der Waals surface area contributed by atoms with Crippen LogP contribution in [0.2, 0.25) is 0 Å². The lowest BCUT2D eigenvalue weighted by atomic mass is 9.86. The maximum absolute atomic E-state index is 13.3. The molecule has 0 bridgehead atoms. The van der Waals surface area contributed by atoms with Gasteiger partial charge in [0.1, 0.15) is 5.82 Å². The van der Waals surface area contributed by atoms with E-state index in [-0.39, 0.29) is 19.0 Å². The van der Waals surface area contributed by atoms with Crippen molar-refractivity contribution in [3.63, 3.8) is 0 Å². The molecular weight excluding hydrogens is 359 g/mol. The second kappa shape index (κ2) is 6.62. The van der Waals surface area contributed by atoms with E-state index in [9.17, 15) is 24.4 Å². The summed E-state index contributed by atoms with van der Waals surface area (Å²) in [7, 11) is 0. The number of nitrogens with zero attached hydrogens (tertiary/aromatic N) is 4. The van der Waals surface area contributed by atoms with Gasteiger partial charge in [-0.2, -0.15) is 5.10 Å². The molecule has 3 rings (SSSR count). The number of ether oxygens (including phenoxy) is 1. The molecule has 0 saturated carbocycles. The normalized spacial score (nSPS) is 21.7. The van der Waals surface area contributed by atoms with Crippen LogP contribution in [-0.4, -0.2) is 50.6 Å². The number of β-amino-alcohol motifs (C(OH)–C–C–N with tert-alkyl or cyclic N) is 1. The summed E-state index contributed by atoms with van der Waals surface area (Å²) in [5, 5.41) is 26.1. The molecular formula is C17H19FN4O5. The number of hydrogen-bond acceptors (Lipinski definition) is 7. The van der Waals surface area contributed by atoms with E-state index in [2.05, 4.69) is 5.10 Å². The van der Waals surface area contributed by atoms with E-state index < -0.39 is 39.7 Å². The minimum atomic E-state index is -1.05. The SMILES string of the molecule is CCOC(=O)c1nn(-c2ccc(F)cc2)c(N2C[C@@](C)(O)[C@H]2C)c1[N+](=O)[O-]. The molecule has 1 aromatic carbocycles. The van der Waals surface area contributed by atoms with Crippen molar-refractivity contribution in [2.24, 2.45) is 0 Å². The molecule has 1 N–H and O–H groups in total. The Morgan fingerprint density at radius 2 is 2.11 bits per heavy atom. The second-order valence-electron chi connectivity index (χ2n) is 6.55. The van der Waals surface area contributed by atoms with E-state index in [0.717, 1.165) is 0 Å². The summed E-state index contributed by atoms with van der Waals surface area (Å²) in [6, 6.07) is 4.71. The first-order valence-corrected chi connectivity index (χ1v) is 8.37. The summed E-state index contributed by atoms with van der Waals surface area (Å²) < 4.78 is 19.4. The zero-order valence-corrected chi connectivity index (χ0v) is 15.0. The molecule has 10 heteroatoms. The quantitative estimate of drug-likeness (QED) is 0.481. The Bertz CT molecular complexity index is 893. The van der Waals surface area contributed by atoms with Gasteiger partial charge in [0, 0.05) is 0 Å². The first kappa shape index (κ1) is 18.8. The molecule has 1 fully saturated rings. The zero-order chi connectivity index (χ0) is 19.9. The van der Waals surface area contributed by atoms with Crippen molar-refractivity contribution < 1.29 is 24.0 Å². The number of carbonyl (C=O) groups is 1. The van der Waals surface area contributed by atoms with Gasteiger partial charge in [-0.1, -0.05) is 0 Å². The molecule has 2 atom stereocenters. The van der Waals surface area contributed by atoms with Gasteiger partial charge < -0.3 is 14.7 Å². The largest absolute Gasteiger partial charge is 0.461 e. The smallest absolute Gasteiger partial charge is 0.366 e. The Morgan fingerprint density at radius 1 is 1.48 bits per heavy atom. The minimum Gasteiger partial charge on any atom is -0.461 e. The van der Waals surface area contributed by atoms with E-state index >= 15 is 0 Å². The lowest BCUT2D eigenvalue weighted by Crippen LogP contribution is -2.67. The van der Waals surface area contributed by atoms with Gasteiger partial charge in [-0.25, -0.2) is 13.9 Å². The Hall–Kier alpha value is -3.01. The zero-order valence-electron chi connectivity index (χ0n) is 15.0. The van der Waals surface area contributed by atoms with Crippen molar-refractivity contribution in [2.75, 3.05) is 18.1 Å². The summed E-state index contributed by atoms with van der Waals surface area (Å²) in [5.74, 6) is -1.37. The third-order valence-corrected chi connectivity index (χ3v) is 4.69. The van der Waals surface area contributed by atoms with E-state index in [0.29, 0.717) is 5.69 Å². The highest BCUT2D eigenvalue weighted by atomic mass is 19.1. The lowest BCUT2D eigenvalue weighted by molar-refractivity contribution is -0.384. The number of halogens is 1. The summed E-state index contributed by atoms with van der Waals surface area (Å²) in [6.45, 7) is 5.05. The van der Waals surface area contributed by atoms with Crippen LogP contribution in [0.4, 0.5) is 15.9 Å². The van der Waals surface area contributed by atoms with Crippen molar-refractivity contribution in [3.8, 4) is 5.69 Å². The summed E-state index contributed by atoms with van der Waals surface area (Å²) in [5.41, 5.74) is -1.67. The highest BCUT2D eigenvalue weighted by molar-refractivity contribution is 5.95.